The standard InChI is InChI=1S/C43H48F3O4PSi/c1-26(2)48-34-25-35(49-27(3)4)42(51-36-23-31(43(44,45)46)24-37(40(36)47)52(7,8)9)41(50-28(5)6)39(34)38-32(29-17-12-10-13-18-29)21-16-22-33(38)30-19-14-11-15-20-30/h10-28,47,51H,1-9H3. The van der Waals surface area contributed by atoms with E-state index < -0.39 is 28.4 Å². The van der Waals surface area contributed by atoms with Crippen LogP contribution in [0.5, 0.6) is 23.0 Å². The summed E-state index contributed by atoms with van der Waals surface area (Å²) in [5, 5.41) is 12.8. The second kappa shape index (κ2) is 15.8. The van der Waals surface area contributed by atoms with Crippen LogP contribution in [-0.2, 0) is 6.18 Å². The molecule has 0 heterocycles. The Morgan fingerprint density at radius 3 is 1.58 bits per heavy atom. The minimum Gasteiger partial charge on any atom is -0.507 e. The smallest absolute Gasteiger partial charge is 0.416 e. The van der Waals surface area contributed by atoms with Gasteiger partial charge in [-0.2, -0.15) is 13.2 Å². The lowest BCUT2D eigenvalue weighted by molar-refractivity contribution is -0.137. The molecule has 0 aromatic heterocycles. The van der Waals surface area contributed by atoms with Gasteiger partial charge in [0.05, 0.1) is 42.8 Å². The van der Waals surface area contributed by atoms with E-state index in [-0.39, 0.29) is 29.4 Å². The molecule has 0 spiro atoms. The molecule has 0 saturated carbocycles. The highest BCUT2D eigenvalue weighted by Crippen LogP contribution is 2.51. The maximum Gasteiger partial charge on any atom is 0.416 e. The highest BCUT2D eigenvalue weighted by atomic mass is 31.1. The number of benzene rings is 5. The number of ether oxygens (including phenoxy) is 3. The van der Waals surface area contributed by atoms with E-state index in [0.717, 1.165) is 39.9 Å². The van der Waals surface area contributed by atoms with Crippen molar-refractivity contribution in [2.45, 2.75) is 85.7 Å². The molecule has 1 unspecified atom stereocenters. The zero-order valence-electron chi connectivity index (χ0n) is 31.3. The fraction of sp³-hybridized carbons (Fsp3) is 0.302. The Balaban J connectivity index is 1.97. The van der Waals surface area contributed by atoms with Gasteiger partial charge in [-0.3, -0.25) is 0 Å². The molecule has 5 aromatic rings. The molecule has 0 radical (unpaired) electrons. The summed E-state index contributed by atoms with van der Waals surface area (Å²) in [5.74, 6) is 1.27. The van der Waals surface area contributed by atoms with Crippen LogP contribution in [0.1, 0.15) is 47.1 Å². The van der Waals surface area contributed by atoms with Crippen molar-refractivity contribution < 1.29 is 32.5 Å². The summed E-state index contributed by atoms with van der Waals surface area (Å²) in [6, 6.07) is 30.3. The topological polar surface area (TPSA) is 47.9 Å². The van der Waals surface area contributed by atoms with Crippen molar-refractivity contribution in [1.82, 2.24) is 0 Å². The Morgan fingerprint density at radius 2 is 1.12 bits per heavy atom. The Labute approximate surface area is 308 Å². The number of aromatic hydroxyl groups is 1. The number of phenolic OH excluding ortho intramolecular Hbond substituents is 1. The van der Waals surface area contributed by atoms with Gasteiger partial charge in [-0.25, -0.2) is 0 Å². The molecule has 5 aromatic carbocycles. The third-order valence-electron chi connectivity index (χ3n) is 8.28. The number of rotatable bonds is 12. The fourth-order valence-electron chi connectivity index (χ4n) is 6.15. The van der Waals surface area contributed by atoms with Crippen molar-refractivity contribution >= 4 is 32.5 Å². The van der Waals surface area contributed by atoms with Crippen LogP contribution in [0, 0.1) is 0 Å². The van der Waals surface area contributed by atoms with Crippen molar-refractivity contribution in [3.05, 3.63) is 103 Å². The highest BCUT2D eigenvalue weighted by Gasteiger charge is 2.36. The molecule has 5 rings (SSSR count). The molecular formula is C43H48F3O4PSi. The van der Waals surface area contributed by atoms with Gasteiger partial charge in [-0.15, -0.1) is 0 Å². The average Bonchev–Trinajstić information content (AvgIpc) is 3.06. The molecule has 0 amide bonds. The average molecular weight is 745 g/mol. The zero-order chi connectivity index (χ0) is 38.0. The van der Waals surface area contributed by atoms with Gasteiger partial charge in [0.2, 0.25) is 0 Å². The van der Waals surface area contributed by atoms with Crippen molar-refractivity contribution in [2.24, 2.45) is 0 Å². The quantitative estimate of drug-likeness (QED) is 0.102. The van der Waals surface area contributed by atoms with Crippen molar-refractivity contribution in [2.75, 3.05) is 0 Å². The van der Waals surface area contributed by atoms with Crippen LogP contribution >= 0.6 is 8.58 Å². The Bertz CT molecular complexity index is 1950. The fourth-order valence-corrected chi connectivity index (χ4v) is 9.01. The van der Waals surface area contributed by atoms with Gasteiger partial charge in [-0.05, 0) is 89.7 Å². The van der Waals surface area contributed by atoms with Gasteiger partial charge in [0.25, 0.3) is 0 Å². The third-order valence-corrected chi connectivity index (χ3v) is 11.6. The summed E-state index contributed by atoms with van der Waals surface area (Å²) < 4.78 is 63.3. The van der Waals surface area contributed by atoms with E-state index in [0.29, 0.717) is 33.3 Å². The molecule has 1 N–H and O–H groups in total. The Kier molecular flexibility index (Phi) is 11.8. The van der Waals surface area contributed by atoms with Crippen LogP contribution < -0.4 is 30.0 Å². The van der Waals surface area contributed by atoms with E-state index in [9.17, 15) is 18.3 Å². The van der Waals surface area contributed by atoms with Gasteiger partial charge in [0.15, 0.2) is 0 Å². The molecule has 52 heavy (non-hydrogen) atoms. The zero-order valence-corrected chi connectivity index (χ0v) is 33.3. The van der Waals surface area contributed by atoms with E-state index in [1.54, 1.807) is 0 Å². The second-order valence-electron chi connectivity index (χ2n) is 14.7. The first-order valence-electron chi connectivity index (χ1n) is 17.6. The molecular weight excluding hydrogens is 697 g/mol. The van der Waals surface area contributed by atoms with Crippen molar-refractivity contribution in [3.63, 3.8) is 0 Å². The number of phenols is 1. The molecule has 0 aliphatic rings. The number of alkyl halides is 3. The SMILES string of the molecule is CC(C)Oc1cc(OC(C)C)c(-c2c(-c3ccccc3)cccc2-c2ccccc2)c(OC(C)C)c1Pc1cc(C(F)(F)F)cc([Si](C)(C)C)c1O. The maximum absolute atomic E-state index is 14.5. The van der Waals surface area contributed by atoms with Gasteiger partial charge in [-0.1, -0.05) is 98.5 Å². The maximum atomic E-state index is 14.5. The first-order chi connectivity index (χ1) is 24.5. The summed E-state index contributed by atoms with van der Waals surface area (Å²) in [6.07, 6.45) is -5.45. The highest BCUT2D eigenvalue weighted by molar-refractivity contribution is 7.56. The molecule has 4 nitrogen and oxygen atoms in total. The third kappa shape index (κ3) is 8.84. The molecule has 0 aliphatic heterocycles. The summed E-state index contributed by atoms with van der Waals surface area (Å²) in [6.45, 7) is 17.3. The molecule has 0 saturated heterocycles. The lowest BCUT2D eigenvalue weighted by atomic mass is 9.86. The van der Waals surface area contributed by atoms with Crippen molar-refractivity contribution in [3.8, 4) is 56.4 Å². The molecule has 1 atom stereocenters. The second-order valence-corrected chi connectivity index (χ2v) is 21.0. The van der Waals surface area contributed by atoms with E-state index in [1.807, 2.05) is 110 Å². The van der Waals surface area contributed by atoms with E-state index in [1.165, 1.54) is 0 Å². The summed E-state index contributed by atoms with van der Waals surface area (Å²) >= 11 is 0. The predicted octanol–water partition coefficient (Wildman–Crippen LogP) is 10.9. The van der Waals surface area contributed by atoms with Crippen LogP contribution in [0.3, 0.4) is 0 Å². The Hall–Kier alpha value is -4.26. The van der Waals surface area contributed by atoms with Crippen LogP contribution in [0.2, 0.25) is 19.6 Å². The monoisotopic (exact) mass is 744 g/mol. The van der Waals surface area contributed by atoms with E-state index in [2.05, 4.69) is 36.4 Å². The molecule has 0 aliphatic carbocycles. The lowest BCUT2D eigenvalue weighted by Crippen LogP contribution is -2.40. The molecule has 0 fully saturated rings. The first kappa shape index (κ1) is 39.0. The normalized spacial score (nSPS) is 12.4. The van der Waals surface area contributed by atoms with Gasteiger partial charge in [0.1, 0.15) is 23.0 Å². The summed E-state index contributed by atoms with van der Waals surface area (Å²) in [4.78, 5) is 0. The summed E-state index contributed by atoms with van der Waals surface area (Å²) in [7, 11) is -2.88. The minimum absolute atomic E-state index is 0.116. The minimum atomic E-state index is -4.60. The lowest BCUT2D eigenvalue weighted by Gasteiger charge is -2.28. The van der Waals surface area contributed by atoms with Crippen LogP contribution in [0.25, 0.3) is 33.4 Å². The van der Waals surface area contributed by atoms with Gasteiger partial charge >= 0.3 is 6.18 Å². The first-order valence-corrected chi connectivity index (χ1v) is 22.1. The predicted molar refractivity (Wildman–Crippen MR) is 214 cm³/mol. The summed E-state index contributed by atoms with van der Waals surface area (Å²) in [5.41, 5.74) is 4.54. The van der Waals surface area contributed by atoms with Crippen LogP contribution in [-0.4, -0.2) is 31.5 Å². The Morgan fingerprint density at radius 1 is 0.615 bits per heavy atom. The largest absolute Gasteiger partial charge is 0.507 e. The number of halogens is 3. The van der Waals surface area contributed by atoms with E-state index in [4.69, 9.17) is 14.2 Å². The molecule has 9 heteroatoms. The molecule has 0 bridgehead atoms. The molecule has 274 valence electrons. The van der Waals surface area contributed by atoms with Crippen LogP contribution in [0.15, 0.2) is 97.1 Å². The number of hydrogen-bond donors (Lipinski definition) is 1. The van der Waals surface area contributed by atoms with Crippen LogP contribution in [0.4, 0.5) is 13.2 Å². The number of hydrogen-bond acceptors (Lipinski definition) is 4. The van der Waals surface area contributed by atoms with E-state index >= 15 is 0 Å². The van der Waals surface area contributed by atoms with Gasteiger partial charge in [0, 0.05) is 16.9 Å². The van der Waals surface area contributed by atoms with Gasteiger partial charge < -0.3 is 19.3 Å². The van der Waals surface area contributed by atoms with Crippen molar-refractivity contribution in [1.29, 1.82) is 0 Å².